The number of amides is 6. The Morgan fingerprint density at radius 1 is 0.529 bits per heavy atom. The van der Waals surface area contributed by atoms with Crippen LogP contribution in [-0.4, -0.2) is 57.6 Å². The summed E-state index contributed by atoms with van der Waals surface area (Å²) < 4.78 is 0. The van der Waals surface area contributed by atoms with Crippen molar-refractivity contribution in [3.05, 3.63) is 69.8 Å². The highest BCUT2D eigenvalue weighted by Gasteiger charge is 2.38. The third-order valence-corrected chi connectivity index (χ3v) is 4.67. The van der Waals surface area contributed by atoms with Gasteiger partial charge in [-0.15, -0.1) is 0 Å². The first kappa shape index (κ1) is 23.3. The number of fused-ring (bicyclic) bond motifs is 2. The van der Waals surface area contributed by atoms with Crippen molar-refractivity contribution in [3.8, 4) is 0 Å². The molecule has 14 heteroatoms. The molecule has 0 aliphatic heterocycles. The van der Waals surface area contributed by atoms with Gasteiger partial charge in [-0.1, -0.05) is 24.3 Å². The normalized spacial score (nSPS) is 11.6. The Kier molecular flexibility index (Phi) is 5.66. The Morgan fingerprint density at radius 3 is 1.09 bits per heavy atom. The topological polar surface area (TPSA) is 235 Å². The van der Waals surface area contributed by atoms with Gasteiger partial charge in [0.2, 0.25) is 0 Å². The maximum atomic E-state index is 13.1. The zero-order valence-electron chi connectivity index (χ0n) is 16.3. The molecule has 0 radical (unpaired) electrons. The van der Waals surface area contributed by atoms with Crippen LogP contribution in [0.2, 0.25) is 0 Å². The molecule has 0 aromatic heterocycles. The first-order chi connectivity index (χ1) is 15.9. The van der Waals surface area contributed by atoms with Gasteiger partial charge in [-0.3, -0.25) is 19.2 Å². The van der Waals surface area contributed by atoms with Crippen LogP contribution in [0.1, 0.15) is 52.6 Å². The van der Waals surface area contributed by atoms with Gasteiger partial charge in [0.05, 0.1) is 11.1 Å². The Hall–Kier alpha value is -5.40. The monoisotopic (exact) mass is 466 g/mol. The van der Waals surface area contributed by atoms with E-state index in [4.69, 9.17) is 0 Å². The largest absolute Gasteiger partial charge is 0.529 e. The van der Waals surface area contributed by atoms with Gasteiger partial charge in [0, 0.05) is 22.3 Å². The van der Waals surface area contributed by atoms with E-state index >= 15 is 0 Å². The lowest BCUT2D eigenvalue weighted by atomic mass is 9.79. The molecule has 0 fully saturated rings. The van der Waals surface area contributed by atoms with Gasteiger partial charge >= 0.3 is 0 Å². The lowest BCUT2D eigenvalue weighted by Gasteiger charge is -2.28. The second-order valence-corrected chi connectivity index (χ2v) is 6.46. The SMILES string of the molecule is O=C1c2ccccc2C(=O)c2c(C(=O)N(C(=O)[O-])C(=O)[O-])ccc(C(=O)N(C(=O)[O-])C(=O)[O-])c21. The number of benzene rings is 2. The first-order valence-electron chi connectivity index (χ1n) is 8.78. The highest BCUT2D eigenvalue weighted by Crippen LogP contribution is 2.33. The standard InChI is InChI=1S/C20H10N2O12/c23-13-7-3-1-2-4-8(7)14(24)12-10(16(26)22(19(31)32)20(33)34)6-5-9(11(12)13)15(25)21(17(27)28)18(29)30/h1-6H,(H,27,28)(H,29,30)(H,31,32)(H,33,34)/p-4. The molecule has 6 amide bonds. The van der Waals surface area contributed by atoms with Crippen molar-refractivity contribution in [1.29, 1.82) is 0 Å². The van der Waals surface area contributed by atoms with E-state index in [0.717, 1.165) is 12.1 Å². The number of nitrogens with zero attached hydrogens (tertiary/aromatic N) is 2. The number of hydrogen-bond acceptors (Lipinski definition) is 12. The van der Waals surface area contributed by atoms with Crippen LogP contribution in [0, 0.1) is 0 Å². The van der Waals surface area contributed by atoms with Crippen LogP contribution in [0.3, 0.4) is 0 Å². The molecular formula is C20H6N2O12-4. The molecular weight excluding hydrogens is 460 g/mol. The minimum Gasteiger partial charge on any atom is -0.529 e. The van der Waals surface area contributed by atoms with Crippen LogP contribution in [0.5, 0.6) is 0 Å². The molecule has 0 N–H and O–H groups in total. The molecule has 172 valence electrons. The summed E-state index contributed by atoms with van der Waals surface area (Å²) in [6.45, 7) is 0. The molecule has 0 saturated heterocycles. The minimum atomic E-state index is -2.56. The van der Waals surface area contributed by atoms with Crippen molar-refractivity contribution in [2.75, 3.05) is 0 Å². The van der Waals surface area contributed by atoms with Crippen molar-refractivity contribution in [2.24, 2.45) is 0 Å². The maximum absolute atomic E-state index is 13.1. The summed E-state index contributed by atoms with van der Waals surface area (Å²) in [6.07, 6.45) is -10.2. The number of ketones is 2. The Balaban J connectivity index is 2.38. The second kappa shape index (κ2) is 8.27. The van der Waals surface area contributed by atoms with Crippen LogP contribution in [-0.2, 0) is 0 Å². The number of rotatable bonds is 2. The number of carbonyl (C=O) groups is 8. The van der Waals surface area contributed by atoms with E-state index in [9.17, 15) is 58.8 Å². The van der Waals surface area contributed by atoms with Gasteiger partial charge in [-0.05, 0) is 12.1 Å². The van der Waals surface area contributed by atoms with E-state index < -0.39 is 79.8 Å². The molecule has 0 bridgehead atoms. The average Bonchev–Trinajstić information content (AvgIpc) is 2.75. The molecule has 1 aliphatic carbocycles. The summed E-state index contributed by atoms with van der Waals surface area (Å²) >= 11 is 0. The molecule has 0 heterocycles. The zero-order valence-corrected chi connectivity index (χ0v) is 16.3. The molecule has 0 atom stereocenters. The fraction of sp³-hybridized carbons (Fsp3) is 0. The number of carboxylic acid groups (broad SMARTS) is 4. The molecule has 14 nitrogen and oxygen atoms in total. The van der Waals surface area contributed by atoms with Gasteiger partial charge in [-0.25, -0.2) is 9.80 Å². The maximum Gasteiger partial charge on any atom is 0.265 e. The van der Waals surface area contributed by atoms with E-state index in [-0.39, 0.29) is 11.1 Å². The summed E-state index contributed by atoms with van der Waals surface area (Å²) in [4.78, 5) is 94.0. The van der Waals surface area contributed by atoms with E-state index in [1.807, 2.05) is 0 Å². The Morgan fingerprint density at radius 2 is 0.824 bits per heavy atom. The van der Waals surface area contributed by atoms with E-state index in [0.29, 0.717) is 12.1 Å². The van der Waals surface area contributed by atoms with Crippen LogP contribution in [0.15, 0.2) is 36.4 Å². The molecule has 1 aliphatic rings. The minimum absolute atomic E-state index is 0.330. The smallest absolute Gasteiger partial charge is 0.265 e. The molecule has 3 rings (SSSR count). The first-order valence-corrected chi connectivity index (χ1v) is 8.78. The van der Waals surface area contributed by atoms with E-state index in [1.165, 1.54) is 12.1 Å². The fourth-order valence-corrected chi connectivity index (χ4v) is 3.30. The van der Waals surface area contributed by atoms with Gasteiger partial charge in [0.1, 0.15) is 24.4 Å². The Labute approximate surface area is 186 Å². The second-order valence-electron chi connectivity index (χ2n) is 6.46. The van der Waals surface area contributed by atoms with Crippen molar-refractivity contribution in [3.63, 3.8) is 0 Å². The van der Waals surface area contributed by atoms with Crippen molar-refractivity contribution in [1.82, 2.24) is 9.80 Å². The number of carbonyl (C=O) groups excluding carboxylic acids is 8. The summed E-state index contributed by atoms with van der Waals surface area (Å²) in [5, 5.41) is 44.4. The lowest BCUT2D eigenvalue weighted by molar-refractivity contribution is -0.287. The van der Waals surface area contributed by atoms with Crippen molar-refractivity contribution < 1.29 is 58.8 Å². The quantitative estimate of drug-likeness (QED) is 0.361. The number of imide groups is 6. The van der Waals surface area contributed by atoms with Crippen LogP contribution < -0.4 is 20.4 Å². The third kappa shape index (κ3) is 3.50. The summed E-state index contributed by atoms with van der Waals surface area (Å²) in [5.41, 5.74) is -4.65. The lowest BCUT2D eigenvalue weighted by Crippen LogP contribution is -2.54. The molecule has 0 saturated carbocycles. The predicted octanol–water partition coefficient (Wildman–Crippen LogP) is -3.28. The predicted molar refractivity (Wildman–Crippen MR) is 93.7 cm³/mol. The number of hydrogen-bond donors (Lipinski definition) is 0. The third-order valence-electron chi connectivity index (χ3n) is 4.67. The van der Waals surface area contributed by atoms with Crippen LogP contribution in [0.25, 0.3) is 0 Å². The highest BCUT2D eigenvalue weighted by molar-refractivity contribution is 6.34. The molecule has 0 spiro atoms. The van der Waals surface area contributed by atoms with E-state index in [2.05, 4.69) is 0 Å². The summed E-state index contributed by atoms with van der Waals surface area (Å²) in [6, 6.07) is 5.93. The summed E-state index contributed by atoms with van der Waals surface area (Å²) in [5.74, 6) is -6.14. The molecule has 0 unspecified atom stereocenters. The van der Waals surface area contributed by atoms with Gasteiger partial charge in [0.25, 0.3) is 11.8 Å². The highest BCUT2D eigenvalue weighted by atomic mass is 16.4. The molecule has 34 heavy (non-hydrogen) atoms. The van der Waals surface area contributed by atoms with Crippen LogP contribution in [0.4, 0.5) is 19.2 Å². The molecule has 2 aromatic carbocycles. The Bertz CT molecular complexity index is 1230. The van der Waals surface area contributed by atoms with Crippen molar-refractivity contribution >= 4 is 47.8 Å². The fourth-order valence-electron chi connectivity index (χ4n) is 3.30. The van der Waals surface area contributed by atoms with Crippen LogP contribution >= 0.6 is 0 Å². The van der Waals surface area contributed by atoms with Crippen molar-refractivity contribution in [2.45, 2.75) is 0 Å². The van der Waals surface area contributed by atoms with Gasteiger partial charge in [-0.2, -0.15) is 0 Å². The van der Waals surface area contributed by atoms with E-state index in [1.54, 1.807) is 0 Å². The average molecular weight is 466 g/mol. The summed E-state index contributed by atoms with van der Waals surface area (Å²) in [7, 11) is 0. The van der Waals surface area contributed by atoms with Gasteiger partial charge < -0.3 is 39.6 Å². The molecule has 2 aromatic rings. The zero-order chi connectivity index (χ0) is 25.5. The van der Waals surface area contributed by atoms with Gasteiger partial charge in [0.15, 0.2) is 11.6 Å².